The van der Waals surface area contributed by atoms with Crippen LogP contribution >= 0.6 is 0 Å². The van der Waals surface area contributed by atoms with Crippen LogP contribution in [0.5, 0.6) is 0 Å². The Labute approximate surface area is 187 Å². The van der Waals surface area contributed by atoms with Gasteiger partial charge in [-0.05, 0) is 59.1 Å². The van der Waals surface area contributed by atoms with E-state index in [0.717, 1.165) is 22.3 Å². The number of para-hydroxylation sites is 1. The number of hydrogen-bond acceptors (Lipinski definition) is 5. The van der Waals surface area contributed by atoms with Crippen molar-refractivity contribution in [1.29, 1.82) is 0 Å². The van der Waals surface area contributed by atoms with Crippen molar-refractivity contribution in [1.82, 2.24) is 0 Å². The Morgan fingerprint density at radius 1 is 0.812 bits per heavy atom. The first-order chi connectivity index (χ1) is 15.5. The molecule has 3 aromatic rings. The van der Waals surface area contributed by atoms with Crippen molar-refractivity contribution in [3.05, 3.63) is 101 Å². The van der Waals surface area contributed by atoms with Crippen molar-refractivity contribution < 1.29 is 13.2 Å². The minimum Gasteiger partial charge on any atom is -0.768 e. The van der Waals surface area contributed by atoms with Crippen molar-refractivity contribution in [2.45, 2.75) is 4.90 Å². The molecule has 0 bridgehead atoms. The molecular weight excluding hydrogens is 422 g/mol. The van der Waals surface area contributed by atoms with Crippen LogP contribution in [0.2, 0.25) is 0 Å². The zero-order chi connectivity index (χ0) is 22.2. The third-order valence-corrected chi connectivity index (χ3v) is 6.26. The van der Waals surface area contributed by atoms with Crippen LogP contribution in [0.3, 0.4) is 0 Å². The Bertz CT molecular complexity index is 1490. The molecule has 0 aromatic heterocycles. The number of hydrogen-bond donors (Lipinski definition) is 0. The molecule has 6 heteroatoms. The van der Waals surface area contributed by atoms with Crippen LogP contribution < -0.4 is 10.3 Å². The van der Waals surface area contributed by atoms with Gasteiger partial charge in [0.1, 0.15) is 11.3 Å². The number of nitrogens with zero attached hydrogens (tertiary/aromatic N) is 1. The Kier molecular flexibility index (Phi) is 5.09. The fourth-order valence-corrected chi connectivity index (χ4v) is 4.52. The smallest absolute Gasteiger partial charge is 0.182 e. The highest BCUT2D eigenvalue weighted by Crippen LogP contribution is 2.42. The first-order valence-electron chi connectivity index (χ1n) is 10.0. The second-order valence-corrected chi connectivity index (χ2v) is 8.35. The van der Waals surface area contributed by atoms with E-state index in [1.54, 1.807) is 30.3 Å². The number of rotatable bonds is 4. The van der Waals surface area contributed by atoms with E-state index in [1.807, 2.05) is 60.5 Å². The van der Waals surface area contributed by atoms with E-state index < -0.39 is 11.1 Å². The van der Waals surface area contributed by atoms with E-state index in [9.17, 15) is 13.6 Å². The van der Waals surface area contributed by atoms with Gasteiger partial charge in [0.25, 0.3) is 0 Å². The number of benzene rings is 4. The highest BCUT2D eigenvalue weighted by atomic mass is 32.2. The molecule has 0 saturated carbocycles. The minimum absolute atomic E-state index is 0.176. The normalized spacial score (nSPS) is 12.2. The molecule has 0 radical (unpaired) electrons. The largest absolute Gasteiger partial charge is 0.768 e. The first-order valence-corrected chi connectivity index (χ1v) is 11.1. The highest BCUT2D eigenvalue weighted by molar-refractivity contribution is 7.79. The van der Waals surface area contributed by atoms with Gasteiger partial charge in [-0.25, -0.2) is 0 Å². The number of anilines is 2. The lowest BCUT2D eigenvalue weighted by molar-refractivity contribution is 0.537. The molecule has 1 aliphatic carbocycles. The molecule has 1 atom stereocenters. The molecule has 0 spiro atoms. The fourth-order valence-electron chi connectivity index (χ4n) is 3.98. The standard InChI is InChI=1S/C26H19NO4S/c1-27(17-7-3-2-4-8-17)18-11-13-20-23(15-18)31-24-16-19(28)12-14-21(24)26(20)22-9-5-6-10-25(22)32(29)30/h2-16H,1H3,(H,29,30)/p-1. The van der Waals surface area contributed by atoms with Crippen LogP contribution in [0.1, 0.15) is 0 Å². The van der Waals surface area contributed by atoms with E-state index in [0.29, 0.717) is 22.5 Å². The van der Waals surface area contributed by atoms with E-state index in [1.165, 1.54) is 12.1 Å². The van der Waals surface area contributed by atoms with E-state index in [-0.39, 0.29) is 10.3 Å². The summed E-state index contributed by atoms with van der Waals surface area (Å²) in [6.07, 6.45) is 0. The lowest BCUT2D eigenvalue weighted by Gasteiger charge is -2.22. The molecule has 2 aliphatic rings. The van der Waals surface area contributed by atoms with Crippen molar-refractivity contribution in [3.8, 4) is 22.5 Å². The summed E-state index contributed by atoms with van der Waals surface area (Å²) in [6, 6.07) is 27.1. The van der Waals surface area contributed by atoms with Gasteiger partial charge in [0.2, 0.25) is 0 Å². The third-order valence-electron chi connectivity index (χ3n) is 5.54. The van der Waals surface area contributed by atoms with Crippen LogP contribution in [-0.4, -0.2) is 15.8 Å². The monoisotopic (exact) mass is 440 g/mol. The van der Waals surface area contributed by atoms with Crippen molar-refractivity contribution >= 4 is 33.4 Å². The molecule has 5 nitrogen and oxygen atoms in total. The Morgan fingerprint density at radius 3 is 2.34 bits per heavy atom. The third kappa shape index (κ3) is 3.49. The van der Waals surface area contributed by atoms with Crippen molar-refractivity contribution in [2.24, 2.45) is 0 Å². The molecule has 1 unspecified atom stereocenters. The van der Waals surface area contributed by atoms with E-state index in [4.69, 9.17) is 4.42 Å². The summed E-state index contributed by atoms with van der Waals surface area (Å²) in [4.78, 5) is 14.3. The lowest BCUT2D eigenvalue weighted by Crippen LogP contribution is -2.09. The summed E-state index contributed by atoms with van der Waals surface area (Å²) in [5.74, 6) is 0.408. The van der Waals surface area contributed by atoms with Gasteiger partial charge in [0, 0.05) is 52.0 Å². The zero-order valence-electron chi connectivity index (χ0n) is 17.1. The van der Waals surface area contributed by atoms with Crippen LogP contribution in [0.4, 0.5) is 11.4 Å². The molecule has 0 amide bonds. The predicted molar refractivity (Wildman–Crippen MR) is 126 cm³/mol. The van der Waals surface area contributed by atoms with Gasteiger partial charge >= 0.3 is 0 Å². The van der Waals surface area contributed by atoms with Crippen molar-refractivity contribution in [2.75, 3.05) is 11.9 Å². The Balaban J connectivity index is 1.81. The van der Waals surface area contributed by atoms with Gasteiger partial charge in [0.05, 0.1) is 0 Å². The first kappa shape index (κ1) is 20.2. The second-order valence-electron chi connectivity index (χ2n) is 7.44. The summed E-state index contributed by atoms with van der Waals surface area (Å²) in [6.45, 7) is 0. The molecule has 1 heterocycles. The summed E-state index contributed by atoms with van der Waals surface area (Å²) in [7, 11) is 1.96. The number of fused-ring (bicyclic) bond motifs is 2. The van der Waals surface area contributed by atoms with Gasteiger partial charge in [0.15, 0.2) is 5.43 Å². The molecule has 1 aliphatic heterocycles. The quantitative estimate of drug-likeness (QED) is 0.270. The summed E-state index contributed by atoms with van der Waals surface area (Å²) in [5, 5.41) is 0.763. The summed E-state index contributed by atoms with van der Waals surface area (Å²) >= 11 is -2.42. The minimum atomic E-state index is -2.42. The van der Waals surface area contributed by atoms with Crippen LogP contribution in [0, 0.1) is 0 Å². The van der Waals surface area contributed by atoms with Crippen molar-refractivity contribution in [3.63, 3.8) is 0 Å². The molecule has 0 fully saturated rings. The average molecular weight is 441 g/mol. The summed E-state index contributed by atoms with van der Waals surface area (Å²) in [5.41, 5.74) is 4.26. The lowest BCUT2D eigenvalue weighted by atomic mass is 9.93. The maximum Gasteiger partial charge on any atom is 0.182 e. The molecule has 3 aromatic carbocycles. The Hall–Kier alpha value is -3.74. The van der Waals surface area contributed by atoms with Gasteiger partial charge < -0.3 is 13.9 Å². The average Bonchev–Trinajstić information content (AvgIpc) is 2.82. The summed E-state index contributed by atoms with van der Waals surface area (Å²) < 4.78 is 30.0. The molecular formula is C26H18NO4S-. The van der Waals surface area contributed by atoms with Gasteiger partial charge in [-0.3, -0.25) is 9.00 Å². The Morgan fingerprint density at radius 2 is 1.56 bits per heavy atom. The maximum atomic E-state index is 12.0. The topological polar surface area (TPSA) is 73.6 Å². The molecule has 5 rings (SSSR count). The zero-order valence-corrected chi connectivity index (χ0v) is 18.0. The SMILES string of the molecule is CN(c1ccccc1)c1ccc2c(-c3ccccc3S(=O)[O-])c3ccc(=O)cc-3oc2c1. The fraction of sp³-hybridized carbons (Fsp3) is 0.0385. The van der Waals surface area contributed by atoms with Gasteiger partial charge in [-0.15, -0.1) is 0 Å². The highest BCUT2D eigenvalue weighted by Gasteiger charge is 2.20. The van der Waals surface area contributed by atoms with Crippen LogP contribution in [-0.2, 0) is 11.1 Å². The van der Waals surface area contributed by atoms with E-state index >= 15 is 0 Å². The maximum absolute atomic E-state index is 12.0. The molecule has 32 heavy (non-hydrogen) atoms. The second kappa shape index (κ2) is 8.07. The van der Waals surface area contributed by atoms with Crippen LogP contribution in [0.15, 0.2) is 105 Å². The predicted octanol–water partition coefficient (Wildman–Crippen LogP) is 5.57. The van der Waals surface area contributed by atoms with Gasteiger partial charge in [-0.2, -0.15) is 0 Å². The van der Waals surface area contributed by atoms with Crippen LogP contribution in [0.25, 0.3) is 33.4 Å². The molecule has 158 valence electrons. The molecule has 0 saturated heterocycles. The van der Waals surface area contributed by atoms with E-state index in [2.05, 4.69) is 0 Å². The van der Waals surface area contributed by atoms with Gasteiger partial charge in [-0.1, -0.05) is 36.4 Å². The molecule has 0 N–H and O–H groups in total.